The summed E-state index contributed by atoms with van der Waals surface area (Å²) in [6.45, 7) is 8.71. The van der Waals surface area contributed by atoms with E-state index in [1.807, 2.05) is 18.7 Å². The van der Waals surface area contributed by atoms with Crippen molar-refractivity contribution in [3.8, 4) is 22.9 Å². The largest absolute Gasteiger partial charge is 0.489 e. The molecule has 40 heavy (non-hydrogen) atoms. The first kappa shape index (κ1) is 27.3. The van der Waals surface area contributed by atoms with Crippen LogP contribution in [0.4, 0.5) is 14.6 Å². The summed E-state index contributed by atoms with van der Waals surface area (Å²) in [7, 11) is 0. The molecule has 1 saturated heterocycles. The van der Waals surface area contributed by atoms with Gasteiger partial charge in [-0.1, -0.05) is 6.58 Å². The molecule has 5 rings (SSSR count). The van der Waals surface area contributed by atoms with Gasteiger partial charge in [0.05, 0.1) is 23.2 Å². The Morgan fingerprint density at radius 1 is 1.27 bits per heavy atom. The van der Waals surface area contributed by atoms with Crippen LogP contribution >= 0.6 is 0 Å². The van der Waals surface area contributed by atoms with Crippen LogP contribution in [-0.4, -0.2) is 58.7 Å². The van der Waals surface area contributed by atoms with Gasteiger partial charge in [0.1, 0.15) is 24.1 Å². The second-order valence-electron chi connectivity index (χ2n) is 10.3. The zero-order chi connectivity index (χ0) is 28.7. The number of benzene rings is 2. The van der Waals surface area contributed by atoms with Gasteiger partial charge >= 0.3 is 5.69 Å². The van der Waals surface area contributed by atoms with Gasteiger partial charge in [-0.2, -0.15) is 10.2 Å². The molecule has 1 fully saturated rings. The quantitative estimate of drug-likeness (QED) is 0.469. The Labute approximate surface area is 230 Å². The Bertz CT molecular complexity index is 1610. The van der Waals surface area contributed by atoms with E-state index >= 15 is 4.39 Å². The molecule has 3 atom stereocenters. The van der Waals surface area contributed by atoms with Gasteiger partial charge in [0.25, 0.3) is 0 Å². The number of rotatable bonds is 6. The van der Waals surface area contributed by atoms with E-state index in [0.29, 0.717) is 49.2 Å². The number of halogens is 2. The smallest absolute Gasteiger partial charge is 0.350 e. The molecule has 1 aromatic heterocycles. The van der Waals surface area contributed by atoms with Gasteiger partial charge in [0.15, 0.2) is 5.75 Å². The Hall–Kier alpha value is -4.30. The number of amides is 1. The van der Waals surface area contributed by atoms with Gasteiger partial charge in [-0.15, -0.1) is 0 Å². The number of carbonyl (C=O) groups excluding carboxylic acids is 1. The number of piperazine rings is 1. The lowest BCUT2D eigenvalue weighted by molar-refractivity contribution is -0.128. The summed E-state index contributed by atoms with van der Waals surface area (Å²) in [4.78, 5) is 34.2. The molecule has 3 heterocycles. The summed E-state index contributed by atoms with van der Waals surface area (Å²) >= 11 is 0. The molecule has 2 aromatic carbocycles. The van der Waals surface area contributed by atoms with Gasteiger partial charge < -0.3 is 20.3 Å². The predicted octanol–water partition coefficient (Wildman–Crippen LogP) is 3.50. The molecule has 0 radical (unpaired) electrons. The maximum atomic E-state index is 15.1. The van der Waals surface area contributed by atoms with Crippen molar-refractivity contribution in [2.75, 3.05) is 31.1 Å². The first-order valence-electron chi connectivity index (χ1n) is 13.2. The van der Waals surface area contributed by atoms with Crippen LogP contribution in [0.25, 0.3) is 22.0 Å². The minimum Gasteiger partial charge on any atom is -0.489 e. The van der Waals surface area contributed by atoms with E-state index in [2.05, 4.69) is 17.6 Å². The number of anilines is 1. The number of nitrogens with zero attached hydrogens (tertiary/aromatic N) is 5. The molecule has 0 bridgehead atoms. The number of hydrogen-bond donors (Lipinski definition) is 1. The van der Waals surface area contributed by atoms with Crippen LogP contribution in [0.5, 0.6) is 5.75 Å². The fourth-order valence-corrected chi connectivity index (χ4v) is 5.77. The highest BCUT2D eigenvalue weighted by Gasteiger charge is 2.36. The molecule has 1 amide bonds. The van der Waals surface area contributed by atoms with Crippen molar-refractivity contribution in [1.29, 1.82) is 5.26 Å². The second-order valence-corrected chi connectivity index (χ2v) is 10.3. The summed E-state index contributed by atoms with van der Waals surface area (Å²) in [6.07, 6.45) is 2.48. The van der Waals surface area contributed by atoms with Gasteiger partial charge in [-0.05, 0) is 57.5 Å². The highest BCUT2D eigenvalue weighted by atomic mass is 19.1. The molecule has 2 N–H and O–H groups in total. The Kier molecular flexibility index (Phi) is 7.29. The second kappa shape index (κ2) is 10.7. The third-order valence-electron chi connectivity index (χ3n) is 7.71. The lowest BCUT2D eigenvalue weighted by Gasteiger charge is -2.45. The topological polar surface area (TPSA) is 117 Å². The van der Waals surface area contributed by atoms with Crippen molar-refractivity contribution < 1.29 is 18.3 Å². The number of ether oxygens (including phenoxy) is 1. The molecule has 0 unspecified atom stereocenters. The molecule has 2 aliphatic heterocycles. The van der Waals surface area contributed by atoms with Crippen LogP contribution in [0.15, 0.2) is 41.7 Å². The minimum absolute atomic E-state index is 0.00818. The maximum Gasteiger partial charge on any atom is 0.350 e. The fourth-order valence-electron chi connectivity index (χ4n) is 5.77. The van der Waals surface area contributed by atoms with Crippen LogP contribution < -0.4 is 21.1 Å². The molecule has 2 aliphatic rings. The lowest BCUT2D eigenvalue weighted by atomic mass is 9.94. The molecule has 9 nitrogen and oxygen atoms in total. The number of aromatic nitrogens is 2. The highest BCUT2D eigenvalue weighted by Crippen LogP contribution is 2.46. The summed E-state index contributed by atoms with van der Waals surface area (Å²) in [6, 6.07) is 6.05. The SMILES string of the molecule is C=CC(=O)N1C[C@H](C)N(c2nc(=O)n3c4c(c(-c5ccc(F)cc5F)c(C#N)cc24)OC[C@H]3CCCN)C[C@H]1C. The Morgan fingerprint density at radius 3 is 2.73 bits per heavy atom. The van der Waals surface area contributed by atoms with E-state index in [-0.39, 0.29) is 53.1 Å². The molecular weight excluding hydrogens is 518 g/mol. The molecular formula is C29H30F2N6O3. The minimum atomic E-state index is -0.852. The summed E-state index contributed by atoms with van der Waals surface area (Å²) in [5, 5.41) is 10.7. The van der Waals surface area contributed by atoms with Gasteiger partial charge in [0, 0.05) is 47.8 Å². The molecule has 208 valence electrons. The van der Waals surface area contributed by atoms with Crippen LogP contribution in [0.3, 0.4) is 0 Å². The molecule has 3 aromatic rings. The van der Waals surface area contributed by atoms with Crippen molar-refractivity contribution in [2.45, 2.75) is 44.8 Å². The normalized spacial score (nSPS) is 20.2. The van der Waals surface area contributed by atoms with Gasteiger partial charge in [-0.25, -0.2) is 13.6 Å². The zero-order valence-corrected chi connectivity index (χ0v) is 22.4. The number of nitriles is 1. The molecule has 0 saturated carbocycles. The van der Waals surface area contributed by atoms with Crippen molar-refractivity contribution in [2.24, 2.45) is 5.73 Å². The van der Waals surface area contributed by atoms with Gasteiger partial charge in [-0.3, -0.25) is 9.36 Å². The third kappa shape index (κ3) is 4.48. The van der Waals surface area contributed by atoms with Crippen molar-refractivity contribution in [3.05, 3.63) is 64.6 Å². The third-order valence-corrected chi connectivity index (χ3v) is 7.71. The zero-order valence-electron chi connectivity index (χ0n) is 22.4. The average molecular weight is 549 g/mol. The maximum absolute atomic E-state index is 15.1. The summed E-state index contributed by atoms with van der Waals surface area (Å²) in [5.74, 6) is -1.26. The van der Waals surface area contributed by atoms with E-state index in [0.717, 1.165) is 12.1 Å². The molecule has 0 spiro atoms. The fraction of sp³-hybridized carbons (Fsp3) is 0.379. The van der Waals surface area contributed by atoms with Crippen molar-refractivity contribution in [3.63, 3.8) is 0 Å². The Balaban J connectivity index is 1.78. The van der Waals surface area contributed by atoms with Crippen LogP contribution in [-0.2, 0) is 4.79 Å². The average Bonchev–Trinajstić information content (AvgIpc) is 2.94. The molecule has 0 aliphatic carbocycles. The standard InChI is InChI=1S/C29H30F2N6O3/c1-4-24(38)35-13-17(3)36(14-16(35)2)28-22-10-18(12-33)25(21-8-7-19(30)11-23(21)31)27-26(22)37(29(39)34-28)20(15-40-27)6-5-9-32/h4,7-8,10-11,16-17,20H,1,5-6,9,13-15,32H2,2-3H3/t16-,17+,20-/m1/s1. The van der Waals surface area contributed by atoms with Crippen LogP contribution in [0, 0.1) is 23.0 Å². The highest BCUT2D eigenvalue weighted by molar-refractivity contribution is 6.01. The summed E-state index contributed by atoms with van der Waals surface area (Å²) in [5.41, 5.74) is 5.87. The number of nitrogens with two attached hydrogens (primary N) is 1. The van der Waals surface area contributed by atoms with E-state index in [1.54, 1.807) is 15.5 Å². The van der Waals surface area contributed by atoms with Crippen LogP contribution in [0.1, 0.15) is 38.3 Å². The number of hydrogen-bond acceptors (Lipinski definition) is 7. The number of carbonyl (C=O) groups is 1. The Morgan fingerprint density at radius 2 is 2.05 bits per heavy atom. The van der Waals surface area contributed by atoms with Crippen molar-refractivity contribution >= 4 is 22.6 Å². The van der Waals surface area contributed by atoms with E-state index < -0.39 is 17.3 Å². The first-order chi connectivity index (χ1) is 19.2. The molecule has 11 heteroatoms. The van der Waals surface area contributed by atoms with E-state index in [4.69, 9.17) is 10.5 Å². The predicted molar refractivity (Wildman–Crippen MR) is 147 cm³/mol. The monoisotopic (exact) mass is 548 g/mol. The van der Waals surface area contributed by atoms with E-state index in [9.17, 15) is 19.2 Å². The van der Waals surface area contributed by atoms with Gasteiger partial charge in [0.2, 0.25) is 5.91 Å². The van der Waals surface area contributed by atoms with E-state index in [1.165, 1.54) is 12.1 Å². The van der Waals surface area contributed by atoms with Crippen molar-refractivity contribution in [1.82, 2.24) is 14.5 Å². The lowest BCUT2D eigenvalue weighted by Crippen LogP contribution is -2.58. The summed E-state index contributed by atoms with van der Waals surface area (Å²) < 4.78 is 36.6. The first-order valence-corrected chi connectivity index (χ1v) is 13.2. The van der Waals surface area contributed by atoms with Crippen LogP contribution in [0.2, 0.25) is 0 Å².